The minimum absolute atomic E-state index is 0.560. The van der Waals surface area contributed by atoms with Gasteiger partial charge in [-0.3, -0.25) is 0 Å². The highest BCUT2D eigenvalue weighted by Crippen LogP contribution is 2.34. The first-order valence-corrected chi connectivity index (χ1v) is 9.24. The number of fused-ring (bicyclic) bond motifs is 2. The van der Waals surface area contributed by atoms with Crippen molar-refractivity contribution in [1.29, 1.82) is 0 Å². The minimum Gasteiger partial charge on any atom is -0.329 e. The van der Waals surface area contributed by atoms with Crippen molar-refractivity contribution in [2.24, 2.45) is 0 Å². The van der Waals surface area contributed by atoms with Gasteiger partial charge in [-0.15, -0.1) is 0 Å². The molecule has 1 saturated carbocycles. The molecule has 3 aromatic heterocycles. The quantitative estimate of drug-likeness (QED) is 0.559. The van der Waals surface area contributed by atoms with Gasteiger partial charge in [-0.1, -0.05) is 37.1 Å². The largest absolute Gasteiger partial charge is 0.329 e. The van der Waals surface area contributed by atoms with Crippen LogP contribution in [-0.4, -0.2) is 19.5 Å². The Hall–Kier alpha value is -2.95. The zero-order valence-electron chi connectivity index (χ0n) is 14.8. The van der Waals surface area contributed by atoms with Gasteiger partial charge in [0.2, 0.25) is 5.95 Å². The topological polar surface area (TPSA) is 55.6 Å². The van der Waals surface area contributed by atoms with Crippen LogP contribution < -0.4 is 5.32 Å². The number of aryl methyl sites for hydroxylation is 1. The number of rotatable bonds is 3. The lowest BCUT2D eigenvalue weighted by molar-refractivity contribution is 0.532. The maximum absolute atomic E-state index is 4.84. The molecular weight excluding hydrogens is 322 g/mol. The molecule has 0 unspecified atom stereocenters. The molecule has 5 heteroatoms. The Balaban J connectivity index is 1.58. The van der Waals surface area contributed by atoms with Crippen LogP contribution in [0.1, 0.15) is 37.3 Å². The normalized spacial score (nSPS) is 15.1. The van der Waals surface area contributed by atoms with Crippen LogP contribution >= 0.6 is 0 Å². The van der Waals surface area contributed by atoms with E-state index in [1.807, 2.05) is 30.6 Å². The first kappa shape index (κ1) is 15.3. The first-order chi connectivity index (χ1) is 12.8. The molecule has 3 heterocycles. The lowest BCUT2D eigenvalue weighted by Crippen LogP contribution is -2.06. The Morgan fingerprint density at radius 1 is 1.04 bits per heavy atom. The zero-order valence-corrected chi connectivity index (χ0v) is 14.8. The SMILES string of the molecule is Cc1cn(C2CCCC2)c2nc(Nc3nccc4ccccc34)ncc12. The summed E-state index contributed by atoms with van der Waals surface area (Å²) in [5, 5.41) is 6.67. The summed E-state index contributed by atoms with van der Waals surface area (Å²) >= 11 is 0. The summed E-state index contributed by atoms with van der Waals surface area (Å²) in [6.45, 7) is 2.14. The monoisotopic (exact) mass is 343 g/mol. The average Bonchev–Trinajstić information content (AvgIpc) is 3.30. The van der Waals surface area contributed by atoms with Gasteiger partial charge in [0.15, 0.2) is 0 Å². The summed E-state index contributed by atoms with van der Waals surface area (Å²) in [5.74, 6) is 1.39. The highest BCUT2D eigenvalue weighted by atomic mass is 15.2. The van der Waals surface area contributed by atoms with Crippen molar-refractivity contribution >= 4 is 33.6 Å². The Morgan fingerprint density at radius 3 is 2.77 bits per heavy atom. The third kappa shape index (κ3) is 2.51. The fourth-order valence-corrected chi connectivity index (χ4v) is 4.03. The van der Waals surface area contributed by atoms with Crippen molar-refractivity contribution in [2.75, 3.05) is 5.32 Å². The predicted molar refractivity (Wildman–Crippen MR) is 105 cm³/mol. The molecule has 0 spiro atoms. The van der Waals surface area contributed by atoms with Crippen molar-refractivity contribution in [2.45, 2.75) is 38.6 Å². The van der Waals surface area contributed by atoms with E-state index in [4.69, 9.17) is 4.98 Å². The van der Waals surface area contributed by atoms with E-state index in [1.165, 1.54) is 31.2 Å². The van der Waals surface area contributed by atoms with Gasteiger partial charge < -0.3 is 9.88 Å². The lowest BCUT2D eigenvalue weighted by atomic mass is 10.1. The summed E-state index contributed by atoms with van der Waals surface area (Å²) in [6.07, 6.45) is 11.1. The van der Waals surface area contributed by atoms with Gasteiger partial charge in [0.25, 0.3) is 0 Å². The van der Waals surface area contributed by atoms with Crippen molar-refractivity contribution in [1.82, 2.24) is 19.5 Å². The Kier molecular flexibility index (Phi) is 3.59. The minimum atomic E-state index is 0.560. The van der Waals surface area contributed by atoms with Crippen LogP contribution in [-0.2, 0) is 0 Å². The molecular formula is C21H21N5. The summed E-state index contributed by atoms with van der Waals surface area (Å²) in [7, 11) is 0. The summed E-state index contributed by atoms with van der Waals surface area (Å²) in [4.78, 5) is 13.9. The zero-order chi connectivity index (χ0) is 17.5. The molecule has 5 nitrogen and oxygen atoms in total. The van der Waals surface area contributed by atoms with Gasteiger partial charge in [-0.05, 0) is 36.8 Å². The highest BCUT2D eigenvalue weighted by Gasteiger charge is 2.20. The third-order valence-corrected chi connectivity index (χ3v) is 5.39. The van der Waals surface area contributed by atoms with Crippen molar-refractivity contribution in [3.63, 3.8) is 0 Å². The smallest absolute Gasteiger partial charge is 0.230 e. The van der Waals surface area contributed by atoms with Crippen LogP contribution in [0.2, 0.25) is 0 Å². The first-order valence-electron chi connectivity index (χ1n) is 9.24. The van der Waals surface area contributed by atoms with Crippen molar-refractivity contribution in [3.8, 4) is 0 Å². The van der Waals surface area contributed by atoms with Crippen LogP contribution in [0.15, 0.2) is 48.9 Å². The van der Waals surface area contributed by atoms with E-state index in [9.17, 15) is 0 Å². The molecule has 0 aliphatic heterocycles. The number of nitrogens with zero attached hydrogens (tertiary/aromatic N) is 4. The fourth-order valence-electron chi connectivity index (χ4n) is 4.03. The predicted octanol–water partition coefficient (Wildman–Crippen LogP) is 5.15. The molecule has 1 aliphatic rings. The number of pyridine rings is 1. The van der Waals surface area contributed by atoms with Crippen LogP contribution in [0.3, 0.4) is 0 Å². The lowest BCUT2D eigenvalue weighted by Gasteiger charge is -2.13. The van der Waals surface area contributed by atoms with E-state index in [0.717, 1.165) is 27.6 Å². The summed E-state index contributed by atoms with van der Waals surface area (Å²) in [5.41, 5.74) is 2.26. The van der Waals surface area contributed by atoms with E-state index in [2.05, 4.69) is 45.1 Å². The molecule has 1 fully saturated rings. The van der Waals surface area contributed by atoms with Gasteiger partial charge in [0.05, 0.1) is 0 Å². The molecule has 1 aliphatic carbocycles. The molecule has 0 amide bonds. The van der Waals surface area contributed by atoms with Crippen molar-refractivity contribution < 1.29 is 0 Å². The van der Waals surface area contributed by atoms with Crippen molar-refractivity contribution in [3.05, 3.63) is 54.5 Å². The molecule has 1 N–H and O–H groups in total. The summed E-state index contributed by atoms with van der Waals surface area (Å²) in [6, 6.07) is 10.8. The molecule has 0 bridgehead atoms. The van der Waals surface area contributed by atoms with E-state index in [1.54, 1.807) is 0 Å². The molecule has 4 aromatic rings. The molecule has 0 saturated heterocycles. The molecule has 0 radical (unpaired) electrons. The Bertz CT molecular complexity index is 1090. The van der Waals surface area contributed by atoms with E-state index >= 15 is 0 Å². The van der Waals surface area contributed by atoms with Gasteiger partial charge >= 0.3 is 0 Å². The second kappa shape index (κ2) is 6.09. The Morgan fingerprint density at radius 2 is 1.88 bits per heavy atom. The molecule has 26 heavy (non-hydrogen) atoms. The van der Waals surface area contributed by atoms with Gasteiger partial charge in [0, 0.05) is 35.4 Å². The van der Waals surface area contributed by atoms with Crippen LogP contribution in [0, 0.1) is 6.92 Å². The van der Waals surface area contributed by atoms with E-state index in [0.29, 0.717) is 12.0 Å². The van der Waals surface area contributed by atoms with Crippen LogP contribution in [0.25, 0.3) is 21.8 Å². The number of anilines is 2. The van der Waals surface area contributed by atoms with Crippen LogP contribution in [0.5, 0.6) is 0 Å². The fraction of sp³-hybridized carbons (Fsp3) is 0.286. The number of hydrogen-bond donors (Lipinski definition) is 1. The summed E-state index contributed by atoms with van der Waals surface area (Å²) < 4.78 is 2.35. The van der Waals surface area contributed by atoms with Gasteiger partial charge in [-0.25, -0.2) is 9.97 Å². The number of nitrogens with one attached hydrogen (secondary N) is 1. The second-order valence-electron chi connectivity index (χ2n) is 7.09. The molecule has 5 rings (SSSR count). The molecule has 130 valence electrons. The Labute approximate surface area is 152 Å². The van der Waals surface area contributed by atoms with Gasteiger partial charge in [-0.2, -0.15) is 4.98 Å². The van der Waals surface area contributed by atoms with Crippen LogP contribution in [0.4, 0.5) is 11.8 Å². The van der Waals surface area contributed by atoms with E-state index in [-0.39, 0.29) is 0 Å². The standard InChI is InChI=1S/C21H21N5/c1-14-13-26(16-7-3-4-8-16)20-18(14)12-23-21(25-20)24-19-17-9-5-2-6-15(17)10-11-22-19/h2,5-6,9-13,16H,3-4,7-8H2,1H3,(H,22,23,24,25). The van der Waals surface area contributed by atoms with Gasteiger partial charge in [0.1, 0.15) is 11.5 Å². The average molecular weight is 343 g/mol. The number of benzene rings is 1. The maximum atomic E-state index is 4.84. The second-order valence-corrected chi connectivity index (χ2v) is 7.09. The van der Waals surface area contributed by atoms with E-state index < -0.39 is 0 Å². The third-order valence-electron chi connectivity index (χ3n) is 5.39. The molecule has 1 aromatic carbocycles. The highest BCUT2D eigenvalue weighted by molar-refractivity contribution is 5.93. The molecule has 0 atom stereocenters. The maximum Gasteiger partial charge on any atom is 0.230 e. The number of aromatic nitrogens is 4. The number of hydrogen-bond acceptors (Lipinski definition) is 4.